The summed E-state index contributed by atoms with van der Waals surface area (Å²) in [4.78, 5) is 31.9. The third kappa shape index (κ3) is 5.71. The molecular weight excluding hydrogens is 398 g/mol. The Morgan fingerprint density at radius 3 is 2.66 bits per heavy atom. The van der Waals surface area contributed by atoms with Gasteiger partial charge < -0.3 is 10.3 Å². The molecule has 2 heterocycles. The molecule has 4 rings (SSSR count). The Labute approximate surface area is 186 Å². The quantitative estimate of drug-likeness (QED) is 0.425. The molecule has 0 aliphatic carbocycles. The minimum absolute atomic E-state index is 0.216. The highest BCUT2D eigenvalue weighted by atomic mass is 16.1. The number of aromatic nitrogens is 2. The molecule has 0 atom stereocenters. The summed E-state index contributed by atoms with van der Waals surface area (Å²) < 4.78 is 0. The lowest BCUT2D eigenvalue weighted by Gasteiger charge is -2.06. The number of H-pyrrole nitrogens is 1. The number of hydrogen-bond donors (Lipinski definition) is 2. The molecule has 32 heavy (non-hydrogen) atoms. The van der Waals surface area contributed by atoms with Crippen molar-refractivity contribution in [2.75, 3.05) is 5.32 Å². The van der Waals surface area contributed by atoms with Gasteiger partial charge in [0, 0.05) is 47.8 Å². The summed E-state index contributed by atoms with van der Waals surface area (Å²) in [5.41, 5.74) is 4.45. The average Bonchev–Trinajstić information content (AvgIpc) is 3.31. The number of benzene rings is 2. The first kappa shape index (κ1) is 21.1. The van der Waals surface area contributed by atoms with Crippen molar-refractivity contribution in [1.82, 2.24) is 9.97 Å². The van der Waals surface area contributed by atoms with Crippen LogP contribution in [-0.4, -0.2) is 21.7 Å². The van der Waals surface area contributed by atoms with Crippen LogP contribution in [0.5, 0.6) is 0 Å². The molecule has 5 nitrogen and oxygen atoms in total. The molecule has 0 spiro atoms. The summed E-state index contributed by atoms with van der Waals surface area (Å²) in [7, 11) is 0. The van der Waals surface area contributed by atoms with Crippen LogP contribution in [0.15, 0.2) is 79.1 Å². The van der Waals surface area contributed by atoms with Gasteiger partial charge in [0.05, 0.1) is 0 Å². The third-order valence-corrected chi connectivity index (χ3v) is 5.20. The van der Waals surface area contributed by atoms with Crippen LogP contribution in [0, 0.1) is 11.8 Å². The van der Waals surface area contributed by atoms with E-state index in [1.165, 1.54) is 0 Å². The molecule has 158 valence electrons. The summed E-state index contributed by atoms with van der Waals surface area (Å²) >= 11 is 0. The number of nitrogens with zero attached hydrogens (tertiary/aromatic N) is 1. The Balaban J connectivity index is 1.28. The van der Waals surface area contributed by atoms with Crippen LogP contribution in [0.1, 0.15) is 29.5 Å². The Morgan fingerprint density at radius 2 is 1.78 bits per heavy atom. The number of nitrogens with one attached hydrogen (secondary N) is 2. The van der Waals surface area contributed by atoms with E-state index >= 15 is 0 Å². The predicted octanol–water partition coefficient (Wildman–Crippen LogP) is 4.69. The monoisotopic (exact) mass is 421 g/mol. The lowest BCUT2D eigenvalue weighted by molar-refractivity contribution is -0.119. The van der Waals surface area contributed by atoms with E-state index < -0.39 is 0 Å². The molecule has 0 saturated carbocycles. The molecule has 5 heteroatoms. The van der Waals surface area contributed by atoms with E-state index in [9.17, 15) is 9.59 Å². The van der Waals surface area contributed by atoms with Crippen molar-refractivity contribution in [3.05, 3.63) is 95.8 Å². The number of aryl methyl sites for hydroxylation is 2. The van der Waals surface area contributed by atoms with Crippen LogP contribution < -0.4 is 5.32 Å². The van der Waals surface area contributed by atoms with Crippen molar-refractivity contribution >= 4 is 28.4 Å². The van der Waals surface area contributed by atoms with Crippen molar-refractivity contribution in [3.8, 4) is 11.8 Å². The highest BCUT2D eigenvalue weighted by molar-refractivity contribution is 6.04. The van der Waals surface area contributed by atoms with Crippen LogP contribution >= 0.6 is 0 Å². The fourth-order valence-electron chi connectivity index (χ4n) is 3.54. The molecular formula is C27H23N3O2. The fourth-order valence-corrected chi connectivity index (χ4v) is 3.54. The Hall–Kier alpha value is -4.17. The minimum Gasteiger partial charge on any atom is -0.346 e. The largest absolute Gasteiger partial charge is 0.346 e. The van der Waals surface area contributed by atoms with Crippen molar-refractivity contribution in [2.24, 2.45) is 0 Å². The van der Waals surface area contributed by atoms with E-state index in [1.54, 1.807) is 6.20 Å². The smallest absolute Gasteiger partial charge is 0.300 e. The van der Waals surface area contributed by atoms with Gasteiger partial charge in [0.25, 0.3) is 0 Å². The van der Waals surface area contributed by atoms with E-state index in [-0.39, 0.29) is 11.7 Å². The fraction of sp³-hybridized carbons (Fsp3) is 0.148. The second-order valence-electron chi connectivity index (χ2n) is 7.52. The zero-order chi connectivity index (χ0) is 22.2. The average molecular weight is 422 g/mol. The number of Topliss-reactive ketones (excluding diaryl/α,β-unsaturated/α-hetero) is 1. The number of ketones is 1. The summed E-state index contributed by atoms with van der Waals surface area (Å²) in [5, 5.41) is 3.86. The molecule has 0 aliphatic heterocycles. The van der Waals surface area contributed by atoms with Gasteiger partial charge in [-0.25, -0.2) is 4.98 Å². The van der Waals surface area contributed by atoms with E-state index in [0.29, 0.717) is 31.4 Å². The molecule has 0 saturated heterocycles. The maximum atomic E-state index is 12.4. The second kappa shape index (κ2) is 10.2. The summed E-state index contributed by atoms with van der Waals surface area (Å²) in [6.07, 6.45) is 5.92. The van der Waals surface area contributed by atoms with Crippen LogP contribution in [-0.2, 0) is 22.4 Å². The number of carbonyl (C=O) groups excluding carboxylic acids is 2. The second-order valence-corrected chi connectivity index (χ2v) is 7.52. The highest BCUT2D eigenvalue weighted by Gasteiger charge is 2.08. The number of aromatic amines is 1. The Morgan fingerprint density at radius 1 is 0.938 bits per heavy atom. The molecule has 4 aromatic rings. The summed E-state index contributed by atoms with van der Waals surface area (Å²) in [5.74, 6) is 5.29. The zero-order valence-corrected chi connectivity index (χ0v) is 17.6. The number of carbonyl (C=O) groups is 2. The van der Waals surface area contributed by atoms with E-state index in [2.05, 4.69) is 27.1 Å². The first-order valence-corrected chi connectivity index (χ1v) is 10.6. The normalized spacial score (nSPS) is 10.4. The predicted molar refractivity (Wildman–Crippen MR) is 126 cm³/mol. The molecule has 0 radical (unpaired) electrons. The Kier molecular flexibility index (Phi) is 6.74. The molecule has 2 N–H and O–H groups in total. The molecule has 0 fully saturated rings. The maximum absolute atomic E-state index is 12.4. The van der Waals surface area contributed by atoms with Crippen LogP contribution in [0.4, 0.5) is 5.69 Å². The van der Waals surface area contributed by atoms with Gasteiger partial charge in [0.1, 0.15) is 11.4 Å². The molecule has 2 aromatic heterocycles. The number of amides is 1. The topological polar surface area (TPSA) is 74.8 Å². The standard InChI is InChI=1S/C27H23N3O2/c31-24(13-11-22-15-17-28-27-25(22)16-18-29-27)12-9-21-7-4-8-23(19-21)30-26(32)14-10-20-5-2-1-3-6-20/h1-8,15-19H,9,11-13H2,(H,28,29)(H,30,32). The highest BCUT2D eigenvalue weighted by Crippen LogP contribution is 2.18. The zero-order valence-electron chi connectivity index (χ0n) is 17.6. The van der Waals surface area contributed by atoms with Gasteiger partial charge in [0.2, 0.25) is 0 Å². The van der Waals surface area contributed by atoms with Crippen LogP contribution in [0.2, 0.25) is 0 Å². The van der Waals surface area contributed by atoms with Crippen molar-refractivity contribution in [2.45, 2.75) is 25.7 Å². The van der Waals surface area contributed by atoms with Crippen LogP contribution in [0.3, 0.4) is 0 Å². The maximum Gasteiger partial charge on any atom is 0.300 e. The molecule has 1 amide bonds. The van der Waals surface area contributed by atoms with Gasteiger partial charge in [-0.2, -0.15) is 0 Å². The van der Waals surface area contributed by atoms with Gasteiger partial charge in [-0.3, -0.25) is 9.59 Å². The molecule has 0 unspecified atom stereocenters. The number of anilines is 1. The third-order valence-electron chi connectivity index (χ3n) is 5.20. The number of fused-ring (bicyclic) bond motifs is 1. The van der Waals surface area contributed by atoms with Crippen molar-refractivity contribution in [3.63, 3.8) is 0 Å². The van der Waals surface area contributed by atoms with Crippen LogP contribution in [0.25, 0.3) is 11.0 Å². The Bertz CT molecular complexity index is 1300. The van der Waals surface area contributed by atoms with E-state index in [4.69, 9.17) is 0 Å². The number of hydrogen-bond acceptors (Lipinski definition) is 3. The lowest BCUT2D eigenvalue weighted by Crippen LogP contribution is -2.09. The number of pyridine rings is 1. The molecule has 2 aromatic carbocycles. The molecule has 0 aliphatic rings. The van der Waals surface area contributed by atoms with Crippen molar-refractivity contribution in [1.29, 1.82) is 0 Å². The minimum atomic E-state index is -0.365. The lowest BCUT2D eigenvalue weighted by atomic mass is 10.0. The first-order chi connectivity index (χ1) is 15.7. The van der Waals surface area contributed by atoms with E-state index in [1.807, 2.05) is 72.9 Å². The van der Waals surface area contributed by atoms with Crippen molar-refractivity contribution < 1.29 is 9.59 Å². The summed E-state index contributed by atoms with van der Waals surface area (Å²) in [6, 6.07) is 20.9. The van der Waals surface area contributed by atoms with Gasteiger partial charge in [-0.1, -0.05) is 36.3 Å². The van der Waals surface area contributed by atoms with Gasteiger partial charge in [-0.15, -0.1) is 0 Å². The number of rotatable bonds is 7. The SMILES string of the molecule is O=C(CCc1cccc(NC(=O)C#Cc2ccccc2)c1)CCc1ccnc2[nH]ccc12. The van der Waals surface area contributed by atoms with E-state index in [0.717, 1.165) is 27.7 Å². The summed E-state index contributed by atoms with van der Waals surface area (Å²) in [6.45, 7) is 0. The van der Waals surface area contributed by atoms with Gasteiger partial charge in [0.15, 0.2) is 0 Å². The first-order valence-electron chi connectivity index (χ1n) is 10.6. The van der Waals surface area contributed by atoms with Gasteiger partial charge in [-0.05, 0) is 60.4 Å². The van der Waals surface area contributed by atoms with Gasteiger partial charge >= 0.3 is 5.91 Å². The molecule has 0 bridgehead atoms.